The Bertz CT molecular complexity index is 868. The largest absolute Gasteiger partial charge is 0.494 e. The van der Waals surface area contributed by atoms with Gasteiger partial charge in [0.25, 0.3) is 0 Å². The topological polar surface area (TPSA) is 68.2 Å². The van der Waals surface area contributed by atoms with E-state index in [-0.39, 0.29) is 6.61 Å². The SMILES string of the molecule is CCOc1ccc(Cc2cc([C@]34C[C@@H](O)C[C@](C(C)O)(CO3)O4)ccc2Cl)cc1. The summed E-state index contributed by atoms with van der Waals surface area (Å²) in [6.07, 6.45) is -0.00906. The molecule has 0 amide bonds. The Morgan fingerprint density at radius 2 is 1.97 bits per heavy atom. The van der Waals surface area contributed by atoms with Crippen molar-refractivity contribution in [3.05, 3.63) is 64.2 Å². The van der Waals surface area contributed by atoms with Crippen LogP contribution in [0.5, 0.6) is 5.75 Å². The van der Waals surface area contributed by atoms with Crippen LogP contribution in [-0.2, 0) is 21.7 Å². The summed E-state index contributed by atoms with van der Waals surface area (Å²) < 4.78 is 17.9. The zero-order valence-electron chi connectivity index (χ0n) is 16.7. The van der Waals surface area contributed by atoms with Crippen LogP contribution in [0, 0.1) is 0 Å². The normalized spacial score (nSPS) is 29.6. The molecule has 0 saturated carbocycles. The molecule has 2 aromatic carbocycles. The predicted octanol–water partition coefficient (Wildman–Crippen LogP) is 3.80. The summed E-state index contributed by atoms with van der Waals surface area (Å²) in [6, 6.07) is 13.6. The Kier molecular flexibility index (Phi) is 5.62. The number of fused-ring (bicyclic) bond motifs is 2. The van der Waals surface area contributed by atoms with E-state index in [1.165, 1.54) is 0 Å². The van der Waals surface area contributed by atoms with Crippen LogP contribution in [0.25, 0.3) is 0 Å². The highest BCUT2D eigenvalue weighted by Crippen LogP contribution is 2.50. The van der Waals surface area contributed by atoms with Crippen LogP contribution in [0.2, 0.25) is 5.02 Å². The highest BCUT2D eigenvalue weighted by molar-refractivity contribution is 6.31. The van der Waals surface area contributed by atoms with Crippen LogP contribution in [0.4, 0.5) is 0 Å². The van der Waals surface area contributed by atoms with Crippen LogP contribution in [0.3, 0.4) is 0 Å². The number of benzene rings is 2. The number of hydrogen-bond donors (Lipinski definition) is 2. The molecule has 0 spiro atoms. The van der Waals surface area contributed by atoms with Crippen molar-refractivity contribution in [2.75, 3.05) is 13.2 Å². The van der Waals surface area contributed by atoms with Gasteiger partial charge in [-0.25, -0.2) is 0 Å². The zero-order chi connectivity index (χ0) is 20.6. The van der Waals surface area contributed by atoms with Crippen molar-refractivity contribution in [1.82, 2.24) is 0 Å². The van der Waals surface area contributed by atoms with Gasteiger partial charge in [0.1, 0.15) is 11.4 Å². The monoisotopic (exact) mass is 418 g/mol. The van der Waals surface area contributed by atoms with Crippen LogP contribution >= 0.6 is 11.6 Å². The summed E-state index contributed by atoms with van der Waals surface area (Å²) in [4.78, 5) is 0. The fourth-order valence-electron chi connectivity index (χ4n) is 4.28. The number of hydrogen-bond acceptors (Lipinski definition) is 5. The molecule has 6 heteroatoms. The second-order valence-electron chi connectivity index (χ2n) is 8.01. The first kappa shape index (κ1) is 20.6. The molecule has 2 heterocycles. The van der Waals surface area contributed by atoms with E-state index in [4.69, 9.17) is 25.8 Å². The van der Waals surface area contributed by atoms with Gasteiger partial charge in [-0.1, -0.05) is 29.8 Å². The van der Waals surface area contributed by atoms with Gasteiger partial charge in [0.2, 0.25) is 0 Å². The maximum absolute atomic E-state index is 10.5. The van der Waals surface area contributed by atoms with Gasteiger partial charge in [-0.05, 0) is 55.7 Å². The number of rotatable bonds is 6. The molecule has 0 aromatic heterocycles. The quantitative estimate of drug-likeness (QED) is 0.746. The van der Waals surface area contributed by atoms with Crippen molar-refractivity contribution in [2.24, 2.45) is 0 Å². The maximum atomic E-state index is 10.5. The van der Waals surface area contributed by atoms with E-state index in [0.717, 1.165) is 22.4 Å². The fourth-order valence-corrected chi connectivity index (χ4v) is 4.47. The first-order chi connectivity index (χ1) is 13.9. The molecule has 2 aromatic rings. The highest BCUT2D eigenvalue weighted by atomic mass is 35.5. The van der Waals surface area contributed by atoms with Gasteiger partial charge in [-0.15, -0.1) is 0 Å². The first-order valence-corrected chi connectivity index (χ1v) is 10.4. The molecule has 2 saturated heterocycles. The molecule has 2 aliphatic rings. The Balaban J connectivity index is 1.61. The molecule has 1 unspecified atom stereocenters. The minimum absolute atomic E-state index is 0.249. The second kappa shape index (κ2) is 7.89. The first-order valence-electron chi connectivity index (χ1n) is 10.1. The zero-order valence-corrected chi connectivity index (χ0v) is 17.5. The molecule has 0 aliphatic carbocycles. The third kappa shape index (κ3) is 3.90. The Hall–Kier alpha value is -1.63. The van der Waals surface area contributed by atoms with E-state index in [0.29, 0.717) is 30.9 Å². The van der Waals surface area contributed by atoms with Gasteiger partial charge in [-0.3, -0.25) is 0 Å². The number of ether oxygens (including phenoxy) is 3. The summed E-state index contributed by atoms with van der Waals surface area (Å²) in [7, 11) is 0. The molecule has 5 nitrogen and oxygen atoms in total. The summed E-state index contributed by atoms with van der Waals surface area (Å²) in [6.45, 7) is 4.52. The third-order valence-electron chi connectivity index (χ3n) is 5.88. The van der Waals surface area contributed by atoms with E-state index < -0.39 is 23.6 Å². The average Bonchev–Trinajstić information content (AvgIpc) is 2.98. The predicted molar refractivity (Wildman–Crippen MR) is 110 cm³/mol. The van der Waals surface area contributed by atoms with Crippen molar-refractivity contribution in [3.8, 4) is 5.75 Å². The lowest BCUT2D eigenvalue weighted by Gasteiger charge is -2.41. The molecule has 2 N–H and O–H groups in total. The molecular weight excluding hydrogens is 392 g/mol. The van der Waals surface area contributed by atoms with Crippen LogP contribution in [-0.4, -0.2) is 41.2 Å². The molecule has 29 heavy (non-hydrogen) atoms. The van der Waals surface area contributed by atoms with E-state index in [1.54, 1.807) is 6.92 Å². The molecule has 4 rings (SSSR count). The lowest BCUT2D eigenvalue weighted by molar-refractivity contribution is -0.258. The van der Waals surface area contributed by atoms with E-state index >= 15 is 0 Å². The van der Waals surface area contributed by atoms with E-state index in [9.17, 15) is 10.2 Å². The lowest BCUT2D eigenvalue weighted by atomic mass is 9.85. The van der Waals surface area contributed by atoms with Crippen LogP contribution in [0.1, 0.15) is 43.4 Å². The van der Waals surface area contributed by atoms with Crippen LogP contribution in [0.15, 0.2) is 42.5 Å². The van der Waals surface area contributed by atoms with Gasteiger partial charge >= 0.3 is 0 Å². The Morgan fingerprint density at radius 1 is 1.21 bits per heavy atom. The minimum Gasteiger partial charge on any atom is -0.494 e. The molecule has 2 bridgehead atoms. The van der Waals surface area contributed by atoms with Crippen LogP contribution < -0.4 is 4.74 Å². The summed E-state index contributed by atoms with van der Waals surface area (Å²) in [5.41, 5.74) is 1.99. The summed E-state index contributed by atoms with van der Waals surface area (Å²) >= 11 is 6.48. The third-order valence-corrected chi connectivity index (χ3v) is 6.25. The van der Waals surface area contributed by atoms with Crippen molar-refractivity contribution in [3.63, 3.8) is 0 Å². The smallest absolute Gasteiger partial charge is 0.198 e. The molecule has 4 atom stereocenters. The molecule has 156 valence electrons. The van der Waals surface area contributed by atoms with Gasteiger partial charge in [-0.2, -0.15) is 0 Å². The van der Waals surface area contributed by atoms with Crippen molar-refractivity contribution in [2.45, 2.75) is 56.7 Å². The standard InChI is InChI=1S/C23H27ClO5/c1-3-27-20-7-4-16(5-8-20)10-17-11-18(6-9-21(17)24)23-13-19(26)12-22(29-23,14-28-23)15(2)25/h4-9,11,15,19,25-26H,3,10,12-14H2,1-2H3/t15?,19-,22+,23+/m0/s1. The van der Waals surface area contributed by atoms with Crippen molar-refractivity contribution in [1.29, 1.82) is 0 Å². The summed E-state index contributed by atoms with van der Waals surface area (Å²) in [5.74, 6) is -0.222. The van der Waals surface area contributed by atoms with Crippen molar-refractivity contribution < 1.29 is 24.4 Å². The van der Waals surface area contributed by atoms with Crippen molar-refractivity contribution >= 4 is 11.6 Å². The fraction of sp³-hybridized carbons (Fsp3) is 0.478. The van der Waals surface area contributed by atoms with Gasteiger partial charge in [0.15, 0.2) is 5.79 Å². The molecule has 2 fully saturated rings. The van der Waals surface area contributed by atoms with Gasteiger partial charge in [0, 0.05) is 23.4 Å². The minimum atomic E-state index is -1.06. The van der Waals surface area contributed by atoms with E-state index in [1.807, 2.05) is 49.4 Å². The molecule has 0 radical (unpaired) electrons. The second-order valence-corrected chi connectivity index (χ2v) is 8.41. The number of aliphatic hydroxyl groups is 2. The number of aliphatic hydroxyl groups excluding tert-OH is 2. The molecule has 2 aliphatic heterocycles. The highest BCUT2D eigenvalue weighted by Gasteiger charge is 2.59. The number of halogens is 1. The lowest BCUT2D eigenvalue weighted by Crippen LogP contribution is -2.51. The average molecular weight is 419 g/mol. The van der Waals surface area contributed by atoms with E-state index in [2.05, 4.69) is 0 Å². The Morgan fingerprint density at radius 3 is 2.66 bits per heavy atom. The maximum Gasteiger partial charge on any atom is 0.198 e. The van der Waals surface area contributed by atoms with Gasteiger partial charge < -0.3 is 24.4 Å². The summed E-state index contributed by atoms with van der Waals surface area (Å²) in [5, 5.41) is 21.4. The Labute approximate surface area is 176 Å². The molecular formula is C23H27ClO5. The van der Waals surface area contributed by atoms with Gasteiger partial charge in [0.05, 0.1) is 25.4 Å².